The van der Waals surface area contributed by atoms with Gasteiger partial charge in [-0.05, 0) is 41.4 Å². The summed E-state index contributed by atoms with van der Waals surface area (Å²) in [6.45, 7) is 1.03. The first-order chi connectivity index (χ1) is 8.33. The molecule has 1 aliphatic rings. The number of halogens is 1. The minimum absolute atomic E-state index is 0.230. The summed E-state index contributed by atoms with van der Waals surface area (Å²) in [6, 6.07) is 2.24. The van der Waals surface area contributed by atoms with E-state index in [9.17, 15) is 0 Å². The summed E-state index contributed by atoms with van der Waals surface area (Å²) >= 11 is 5.04. The van der Waals surface area contributed by atoms with Crippen molar-refractivity contribution in [2.45, 2.75) is 25.3 Å². The van der Waals surface area contributed by atoms with E-state index in [-0.39, 0.29) is 6.04 Å². The van der Waals surface area contributed by atoms with Crippen LogP contribution in [0.4, 0.5) is 0 Å². The molecule has 0 amide bonds. The standard InChI is InChI=1S/C11H12BrN3OS/c12-7-5-9(17-6-7)10-14-11(16-15-10)8-3-1-2-4-13-8/h5-6,8,13H,1-4H2. The van der Waals surface area contributed by atoms with Crippen LogP contribution in [0.2, 0.25) is 0 Å². The van der Waals surface area contributed by atoms with Gasteiger partial charge in [0.05, 0.1) is 10.9 Å². The van der Waals surface area contributed by atoms with Crippen LogP contribution in [0.25, 0.3) is 10.7 Å². The molecule has 17 heavy (non-hydrogen) atoms. The van der Waals surface area contributed by atoms with Crippen molar-refractivity contribution < 1.29 is 4.52 Å². The van der Waals surface area contributed by atoms with Crippen molar-refractivity contribution >= 4 is 27.3 Å². The molecule has 0 saturated carbocycles. The summed E-state index contributed by atoms with van der Waals surface area (Å²) < 4.78 is 6.39. The molecule has 6 heteroatoms. The Balaban J connectivity index is 1.82. The second kappa shape index (κ2) is 4.88. The van der Waals surface area contributed by atoms with Gasteiger partial charge in [-0.2, -0.15) is 4.98 Å². The van der Waals surface area contributed by atoms with Crippen LogP contribution in [-0.2, 0) is 0 Å². The van der Waals surface area contributed by atoms with Crippen LogP contribution in [0.5, 0.6) is 0 Å². The number of thiophene rings is 1. The van der Waals surface area contributed by atoms with Gasteiger partial charge in [-0.25, -0.2) is 0 Å². The zero-order valence-corrected chi connectivity index (χ0v) is 11.6. The summed E-state index contributed by atoms with van der Waals surface area (Å²) in [4.78, 5) is 5.50. The second-order valence-corrected chi connectivity index (χ2v) is 5.91. The van der Waals surface area contributed by atoms with E-state index in [4.69, 9.17) is 4.52 Å². The molecule has 1 aliphatic heterocycles. The van der Waals surface area contributed by atoms with Crippen molar-refractivity contribution in [3.05, 3.63) is 21.8 Å². The highest BCUT2D eigenvalue weighted by Gasteiger charge is 2.21. The lowest BCUT2D eigenvalue weighted by Gasteiger charge is -2.19. The molecule has 0 bridgehead atoms. The molecule has 0 aromatic carbocycles. The van der Waals surface area contributed by atoms with Crippen molar-refractivity contribution in [3.63, 3.8) is 0 Å². The molecule has 1 fully saturated rings. The van der Waals surface area contributed by atoms with Gasteiger partial charge in [0.15, 0.2) is 0 Å². The van der Waals surface area contributed by atoms with Gasteiger partial charge in [0.25, 0.3) is 0 Å². The van der Waals surface area contributed by atoms with Crippen molar-refractivity contribution in [2.75, 3.05) is 6.54 Å². The number of piperidine rings is 1. The smallest absolute Gasteiger partial charge is 0.244 e. The normalized spacial score (nSPS) is 20.6. The van der Waals surface area contributed by atoms with Crippen molar-refractivity contribution in [2.24, 2.45) is 0 Å². The van der Waals surface area contributed by atoms with E-state index < -0.39 is 0 Å². The number of hydrogen-bond acceptors (Lipinski definition) is 5. The maximum absolute atomic E-state index is 5.34. The van der Waals surface area contributed by atoms with Gasteiger partial charge in [-0.15, -0.1) is 11.3 Å². The molecule has 3 heterocycles. The van der Waals surface area contributed by atoms with Gasteiger partial charge in [0.1, 0.15) is 0 Å². The molecule has 1 saturated heterocycles. The van der Waals surface area contributed by atoms with Crippen molar-refractivity contribution in [1.29, 1.82) is 0 Å². The minimum Gasteiger partial charge on any atom is -0.337 e. The van der Waals surface area contributed by atoms with Crippen LogP contribution in [-0.4, -0.2) is 16.7 Å². The zero-order valence-electron chi connectivity index (χ0n) is 9.15. The van der Waals surface area contributed by atoms with Gasteiger partial charge < -0.3 is 9.84 Å². The first kappa shape index (κ1) is 11.4. The third kappa shape index (κ3) is 2.43. The molecule has 2 aromatic rings. The molecule has 0 spiro atoms. The summed E-state index contributed by atoms with van der Waals surface area (Å²) in [5.41, 5.74) is 0. The molecule has 90 valence electrons. The molecule has 0 aliphatic carbocycles. The molecule has 4 nitrogen and oxygen atoms in total. The lowest BCUT2D eigenvalue weighted by Crippen LogP contribution is -2.26. The average molecular weight is 314 g/mol. The molecular weight excluding hydrogens is 302 g/mol. The Morgan fingerprint density at radius 2 is 2.41 bits per heavy atom. The number of nitrogens with zero attached hydrogens (tertiary/aromatic N) is 2. The quantitative estimate of drug-likeness (QED) is 0.923. The fourth-order valence-corrected chi connectivity index (χ4v) is 3.32. The average Bonchev–Trinajstić information content (AvgIpc) is 2.98. The van der Waals surface area contributed by atoms with Gasteiger partial charge >= 0.3 is 0 Å². The molecule has 0 radical (unpaired) electrons. The van der Waals surface area contributed by atoms with Crippen LogP contribution in [0.15, 0.2) is 20.4 Å². The first-order valence-electron chi connectivity index (χ1n) is 5.64. The number of hydrogen-bond donors (Lipinski definition) is 1. The Morgan fingerprint density at radius 3 is 3.12 bits per heavy atom. The number of nitrogens with one attached hydrogen (secondary N) is 1. The topological polar surface area (TPSA) is 51.0 Å². The van der Waals surface area contributed by atoms with Crippen LogP contribution in [0.3, 0.4) is 0 Å². The van der Waals surface area contributed by atoms with Gasteiger partial charge in [0.2, 0.25) is 11.7 Å². The van der Waals surface area contributed by atoms with E-state index in [0.29, 0.717) is 11.7 Å². The second-order valence-electron chi connectivity index (χ2n) is 4.09. The Bertz CT molecular complexity index is 504. The highest BCUT2D eigenvalue weighted by molar-refractivity contribution is 9.10. The van der Waals surface area contributed by atoms with E-state index in [0.717, 1.165) is 22.3 Å². The van der Waals surface area contributed by atoms with Crippen LogP contribution >= 0.6 is 27.3 Å². The Labute approximate surface area is 112 Å². The van der Waals surface area contributed by atoms with E-state index >= 15 is 0 Å². The fourth-order valence-electron chi connectivity index (χ4n) is 1.97. The monoisotopic (exact) mass is 313 g/mol. The van der Waals surface area contributed by atoms with E-state index in [1.807, 2.05) is 11.4 Å². The maximum atomic E-state index is 5.34. The molecule has 1 atom stereocenters. The highest BCUT2D eigenvalue weighted by atomic mass is 79.9. The predicted octanol–water partition coefficient (Wildman–Crippen LogP) is 3.38. The van der Waals surface area contributed by atoms with Crippen LogP contribution in [0, 0.1) is 0 Å². The van der Waals surface area contributed by atoms with E-state index in [1.54, 1.807) is 11.3 Å². The minimum atomic E-state index is 0.230. The Hall–Kier alpha value is -0.720. The van der Waals surface area contributed by atoms with Gasteiger partial charge in [0, 0.05) is 9.85 Å². The summed E-state index contributed by atoms with van der Waals surface area (Å²) in [7, 11) is 0. The lowest BCUT2D eigenvalue weighted by molar-refractivity contribution is 0.297. The third-order valence-corrected chi connectivity index (χ3v) is 4.53. The molecule has 1 unspecified atom stereocenters. The molecule has 3 rings (SSSR count). The predicted molar refractivity (Wildman–Crippen MR) is 69.9 cm³/mol. The van der Waals surface area contributed by atoms with Crippen LogP contribution in [0.1, 0.15) is 31.2 Å². The van der Waals surface area contributed by atoms with Crippen molar-refractivity contribution in [3.8, 4) is 10.7 Å². The first-order valence-corrected chi connectivity index (χ1v) is 7.31. The highest BCUT2D eigenvalue weighted by Crippen LogP contribution is 2.29. The third-order valence-electron chi connectivity index (χ3n) is 2.84. The van der Waals surface area contributed by atoms with E-state index in [1.165, 1.54) is 12.8 Å². The Kier molecular flexibility index (Phi) is 3.26. The van der Waals surface area contributed by atoms with Crippen molar-refractivity contribution in [1.82, 2.24) is 15.5 Å². The molecule has 2 aromatic heterocycles. The van der Waals surface area contributed by atoms with Gasteiger partial charge in [-0.3, -0.25) is 0 Å². The molecular formula is C11H12BrN3OS. The maximum Gasteiger partial charge on any atom is 0.244 e. The van der Waals surface area contributed by atoms with Gasteiger partial charge in [-0.1, -0.05) is 11.6 Å². The van der Waals surface area contributed by atoms with E-state index in [2.05, 4.69) is 31.4 Å². The number of aromatic nitrogens is 2. The summed E-state index contributed by atoms with van der Waals surface area (Å²) in [5.74, 6) is 1.40. The summed E-state index contributed by atoms with van der Waals surface area (Å²) in [5, 5.41) is 9.46. The zero-order chi connectivity index (χ0) is 11.7. The molecule has 1 N–H and O–H groups in total. The SMILES string of the molecule is Brc1csc(-c2noc(C3CCCCN3)n2)c1. The summed E-state index contributed by atoms with van der Waals surface area (Å²) in [6.07, 6.45) is 3.53. The fraction of sp³-hybridized carbons (Fsp3) is 0.455. The number of rotatable bonds is 2. The lowest BCUT2D eigenvalue weighted by atomic mass is 10.1. The Morgan fingerprint density at radius 1 is 1.47 bits per heavy atom. The largest absolute Gasteiger partial charge is 0.337 e. The van der Waals surface area contributed by atoms with Crippen LogP contribution < -0.4 is 5.32 Å².